The highest BCUT2D eigenvalue weighted by Gasteiger charge is 2.28. The van der Waals surface area contributed by atoms with Gasteiger partial charge in [0, 0.05) is 46.0 Å². The van der Waals surface area contributed by atoms with Gasteiger partial charge >= 0.3 is 0 Å². The molecule has 3 heterocycles. The minimum atomic E-state index is 0.0924. The summed E-state index contributed by atoms with van der Waals surface area (Å²) in [6.07, 6.45) is 6.06. The molecule has 0 spiro atoms. The Bertz CT molecular complexity index is 656. The first-order valence-electron chi connectivity index (χ1n) is 10.1. The molecule has 1 aromatic heterocycles. The highest BCUT2D eigenvalue weighted by molar-refractivity contribution is 5.98. The van der Waals surface area contributed by atoms with Crippen LogP contribution in [-0.4, -0.2) is 83.8 Å². The number of piperazine rings is 1. The van der Waals surface area contributed by atoms with Crippen molar-refractivity contribution >= 4 is 17.6 Å². The molecule has 0 aromatic carbocycles. The summed E-state index contributed by atoms with van der Waals surface area (Å²) >= 11 is 0. The van der Waals surface area contributed by atoms with E-state index in [0.717, 1.165) is 37.8 Å². The number of likely N-dealkylation sites (tertiary alicyclic amines) is 1. The van der Waals surface area contributed by atoms with Gasteiger partial charge in [-0.05, 0) is 38.8 Å². The zero-order valence-corrected chi connectivity index (χ0v) is 16.9. The van der Waals surface area contributed by atoms with Gasteiger partial charge in [0.05, 0.1) is 11.9 Å². The zero-order valence-electron chi connectivity index (χ0n) is 16.9. The summed E-state index contributed by atoms with van der Waals surface area (Å²) in [6.45, 7) is 11.2. The molecular formula is C19H33N7O. The van der Waals surface area contributed by atoms with Crippen LogP contribution >= 0.6 is 0 Å². The smallest absolute Gasteiger partial charge is 0.246 e. The number of hydrogen-bond acceptors (Lipinski definition) is 4. The van der Waals surface area contributed by atoms with Crippen LogP contribution in [-0.2, 0) is 11.8 Å². The maximum Gasteiger partial charge on any atom is 0.246 e. The van der Waals surface area contributed by atoms with Crippen LogP contribution in [0.2, 0.25) is 0 Å². The van der Waals surface area contributed by atoms with Crippen molar-refractivity contribution in [2.24, 2.45) is 18.0 Å². The van der Waals surface area contributed by atoms with E-state index in [4.69, 9.17) is 4.99 Å². The lowest BCUT2D eigenvalue weighted by Crippen LogP contribution is -2.55. The number of anilines is 1. The van der Waals surface area contributed by atoms with Crippen molar-refractivity contribution in [3.8, 4) is 0 Å². The Labute approximate surface area is 162 Å². The van der Waals surface area contributed by atoms with Gasteiger partial charge in [-0.2, -0.15) is 5.10 Å². The molecule has 1 aromatic rings. The molecule has 0 bridgehead atoms. The van der Waals surface area contributed by atoms with Crippen molar-refractivity contribution in [3.05, 3.63) is 12.4 Å². The summed E-state index contributed by atoms with van der Waals surface area (Å²) in [5.41, 5.74) is 0.867. The Morgan fingerprint density at radius 3 is 2.85 bits per heavy atom. The third-order valence-corrected chi connectivity index (χ3v) is 5.27. The monoisotopic (exact) mass is 375 g/mol. The second-order valence-electron chi connectivity index (χ2n) is 7.49. The summed E-state index contributed by atoms with van der Waals surface area (Å²) < 4.78 is 1.73. The molecule has 3 rings (SSSR count). The highest BCUT2D eigenvalue weighted by Crippen LogP contribution is 2.18. The van der Waals surface area contributed by atoms with Crippen LogP contribution in [0.5, 0.6) is 0 Å². The van der Waals surface area contributed by atoms with Crippen LogP contribution in [0.15, 0.2) is 17.4 Å². The molecule has 0 radical (unpaired) electrons. The number of rotatable bonds is 6. The Morgan fingerprint density at radius 2 is 2.19 bits per heavy atom. The van der Waals surface area contributed by atoms with Crippen molar-refractivity contribution in [1.82, 2.24) is 24.9 Å². The number of guanidine groups is 1. The number of amides is 1. The fourth-order valence-corrected chi connectivity index (χ4v) is 3.90. The SMILES string of the molecule is CCCN1CCC(CN=C(NCC)N2CCN(c3cnn(C)c3)C(=O)C2)C1. The quantitative estimate of drug-likeness (QED) is 0.587. The first-order valence-corrected chi connectivity index (χ1v) is 10.1. The summed E-state index contributed by atoms with van der Waals surface area (Å²) in [5.74, 6) is 1.58. The molecule has 1 atom stereocenters. The molecular weight excluding hydrogens is 342 g/mol. The summed E-state index contributed by atoms with van der Waals surface area (Å²) in [5, 5.41) is 7.54. The molecule has 2 fully saturated rings. The Balaban J connectivity index is 1.58. The largest absolute Gasteiger partial charge is 0.357 e. The second-order valence-corrected chi connectivity index (χ2v) is 7.49. The van der Waals surface area contributed by atoms with Crippen LogP contribution in [0, 0.1) is 5.92 Å². The number of aliphatic imine (C=N–C) groups is 1. The van der Waals surface area contributed by atoms with Gasteiger partial charge in [0.1, 0.15) is 6.54 Å². The van der Waals surface area contributed by atoms with E-state index in [1.807, 2.05) is 18.1 Å². The fourth-order valence-electron chi connectivity index (χ4n) is 3.90. The standard InChI is InChI=1S/C19H33N7O/c1-4-7-24-8-6-16(13-24)11-21-19(20-5-2)25-9-10-26(18(27)15-25)17-12-22-23(3)14-17/h12,14,16H,4-11,13,15H2,1-3H3,(H,20,21). The van der Waals surface area contributed by atoms with E-state index >= 15 is 0 Å². The van der Waals surface area contributed by atoms with Gasteiger partial charge in [-0.3, -0.25) is 14.5 Å². The van der Waals surface area contributed by atoms with E-state index < -0.39 is 0 Å². The van der Waals surface area contributed by atoms with Gasteiger partial charge in [-0.15, -0.1) is 0 Å². The lowest BCUT2D eigenvalue weighted by atomic mass is 10.1. The van der Waals surface area contributed by atoms with Crippen LogP contribution < -0.4 is 10.2 Å². The number of aryl methyl sites for hydroxylation is 1. The number of nitrogens with zero attached hydrogens (tertiary/aromatic N) is 6. The predicted octanol–water partition coefficient (Wildman–Crippen LogP) is 0.766. The van der Waals surface area contributed by atoms with E-state index in [1.54, 1.807) is 10.9 Å². The van der Waals surface area contributed by atoms with E-state index in [0.29, 0.717) is 19.0 Å². The van der Waals surface area contributed by atoms with E-state index in [-0.39, 0.29) is 5.91 Å². The number of aromatic nitrogens is 2. The lowest BCUT2D eigenvalue weighted by molar-refractivity contribution is -0.120. The molecule has 2 aliphatic rings. The Kier molecular flexibility index (Phi) is 6.71. The Hall–Kier alpha value is -2.09. The molecule has 1 amide bonds. The van der Waals surface area contributed by atoms with Crippen molar-refractivity contribution in [2.45, 2.75) is 26.7 Å². The predicted molar refractivity (Wildman–Crippen MR) is 108 cm³/mol. The number of nitrogens with one attached hydrogen (secondary N) is 1. The molecule has 2 aliphatic heterocycles. The lowest BCUT2D eigenvalue weighted by Gasteiger charge is -2.35. The van der Waals surface area contributed by atoms with Crippen molar-refractivity contribution in [1.29, 1.82) is 0 Å². The summed E-state index contributed by atoms with van der Waals surface area (Å²) in [4.78, 5) is 23.9. The Morgan fingerprint density at radius 1 is 1.33 bits per heavy atom. The highest BCUT2D eigenvalue weighted by atomic mass is 16.2. The van der Waals surface area contributed by atoms with Gasteiger partial charge in [0.2, 0.25) is 5.91 Å². The van der Waals surface area contributed by atoms with Gasteiger partial charge in [-0.1, -0.05) is 6.92 Å². The fraction of sp³-hybridized carbons (Fsp3) is 0.737. The van der Waals surface area contributed by atoms with Crippen molar-refractivity contribution in [3.63, 3.8) is 0 Å². The van der Waals surface area contributed by atoms with Crippen LogP contribution in [0.1, 0.15) is 26.7 Å². The molecule has 8 heteroatoms. The third kappa shape index (κ3) is 5.00. The van der Waals surface area contributed by atoms with E-state index in [1.165, 1.54) is 25.9 Å². The maximum atomic E-state index is 12.7. The summed E-state index contributed by atoms with van der Waals surface area (Å²) in [6, 6.07) is 0. The molecule has 1 N–H and O–H groups in total. The maximum absolute atomic E-state index is 12.7. The van der Waals surface area contributed by atoms with Crippen LogP contribution in [0.25, 0.3) is 0 Å². The molecule has 150 valence electrons. The average molecular weight is 376 g/mol. The number of carbonyl (C=O) groups excluding carboxylic acids is 1. The molecule has 8 nitrogen and oxygen atoms in total. The topological polar surface area (TPSA) is 69.0 Å². The molecule has 27 heavy (non-hydrogen) atoms. The molecule has 2 saturated heterocycles. The first-order chi connectivity index (χ1) is 13.1. The molecule has 0 saturated carbocycles. The van der Waals surface area contributed by atoms with Crippen LogP contribution in [0.4, 0.5) is 5.69 Å². The summed E-state index contributed by atoms with van der Waals surface area (Å²) in [7, 11) is 1.87. The first kappa shape index (κ1) is 19.7. The van der Waals surface area contributed by atoms with Crippen molar-refractivity contribution < 1.29 is 4.79 Å². The van der Waals surface area contributed by atoms with Gasteiger partial charge in [0.15, 0.2) is 5.96 Å². The van der Waals surface area contributed by atoms with Crippen LogP contribution in [0.3, 0.4) is 0 Å². The number of carbonyl (C=O) groups is 1. The van der Waals surface area contributed by atoms with E-state index in [9.17, 15) is 4.79 Å². The zero-order chi connectivity index (χ0) is 19.2. The van der Waals surface area contributed by atoms with E-state index in [2.05, 4.69) is 34.1 Å². The normalized spacial score (nSPS) is 22.0. The molecule has 1 unspecified atom stereocenters. The average Bonchev–Trinajstić information content (AvgIpc) is 3.28. The second kappa shape index (κ2) is 9.21. The molecule has 0 aliphatic carbocycles. The van der Waals surface area contributed by atoms with Gasteiger partial charge < -0.3 is 20.0 Å². The third-order valence-electron chi connectivity index (χ3n) is 5.27. The van der Waals surface area contributed by atoms with Crippen molar-refractivity contribution in [2.75, 3.05) is 57.3 Å². The van der Waals surface area contributed by atoms with Gasteiger partial charge in [-0.25, -0.2) is 0 Å². The number of hydrogen-bond donors (Lipinski definition) is 1. The minimum Gasteiger partial charge on any atom is -0.357 e. The minimum absolute atomic E-state index is 0.0924. The van der Waals surface area contributed by atoms with Gasteiger partial charge in [0.25, 0.3) is 0 Å².